The molecule has 0 saturated carbocycles. The third kappa shape index (κ3) is 2.84. The van der Waals surface area contributed by atoms with Crippen LogP contribution in [0.25, 0.3) is 0 Å². The third-order valence-electron chi connectivity index (χ3n) is 2.85. The zero-order valence-corrected chi connectivity index (χ0v) is 12.1. The number of halogens is 2. The molecule has 0 aliphatic heterocycles. The Hall–Kier alpha value is -1.68. The van der Waals surface area contributed by atoms with E-state index in [1.54, 1.807) is 44.4 Å². The molecule has 19 heavy (non-hydrogen) atoms. The van der Waals surface area contributed by atoms with Crippen LogP contribution in [0.4, 0.5) is 4.39 Å². The van der Waals surface area contributed by atoms with Gasteiger partial charge in [-0.05, 0) is 52.7 Å². The van der Waals surface area contributed by atoms with Crippen molar-refractivity contribution in [3.8, 4) is 5.75 Å². The van der Waals surface area contributed by atoms with E-state index in [9.17, 15) is 9.18 Å². The summed E-state index contributed by atoms with van der Waals surface area (Å²) < 4.78 is 19.3. The van der Waals surface area contributed by atoms with Crippen LogP contribution < -0.4 is 4.74 Å². The summed E-state index contributed by atoms with van der Waals surface area (Å²) in [7, 11) is 1.55. The standard InChI is InChI=1S/C15H12BrFO2/c1-9-3-4-11(8-13(9)17)15(18)10-5-6-14(19-2)12(16)7-10/h3-8H,1-2H3. The highest BCUT2D eigenvalue weighted by molar-refractivity contribution is 9.10. The molecule has 0 fully saturated rings. The first-order valence-corrected chi connectivity index (χ1v) is 6.46. The van der Waals surface area contributed by atoms with Crippen molar-refractivity contribution in [2.75, 3.05) is 7.11 Å². The lowest BCUT2D eigenvalue weighted by Gasteiger charge is -2.06. The van der Waals surface area contributed by atoms with E-state index in [2.05, 4.69) is 15.9 Å². The Labute approximate surface area is 119 Å². The monoisotopic (exact) mass is 322 g/mol. The highest BCUT2D eigenvalue weighted by atomic mass is 79.9. The first-order chi connectivity index (χ1) is 9.02. The fourth-order valence-electron chi connectivity index (χ4n) is 1.71. The summed E-state index contributed by atoms with van der Waals surface area (Å²) in [6.45, 7) is 1.66. The van der Waals surface area contributed by atoms with E-state index in [0.29, 0.717) is 26.9 Å². The molecule has 0 amide bonds. The fraction of sp³-hybridized carbons (Fsp3) is 0.133. The molecule has 0 heterocycles. The number of aryl methyl sites for hydroxylation is 1. The maximum atomic E-state index is 13.5. The summed E-state index contributed by atoms with van der Waals surface area (Å²) in [6.07, 6.45) is 0. The van der Waals surface area contributed by atoms with Gasteiger partial charge in [0.05, 0.1) is 11.6 Å². The quantitative estimate of drug-likeness (QED) is 0.794. The van der Waals surface area contributed by atoms with Crippen molar-refractivity contribution in [1.82, 2.24) is 0 Å². The molecule has 0 aliphatic carbocycles. The second-order valence-electron chi connectivity index (χ2n) is 4.14. The molecule has 98 valence electrons. The Morgan fingerprint density at radius 1 is 1.16 bits per heavy atom. The summed E-state index contributed by atoms with van der Waals surface area (Å²) in [5.41, 5.74) is 1.34. The molecule has 4 heteroatoms. The van der Waals surface area contributed by atoms with Gasteiger partial charge in [-0.1, -0.05) is 12.1 Å². The lowest BCUT2D eigenvalue weighted by atomic mass is 10.0. The average molecular weight is 323 g/mol. The Morgan fingerprint density at radius 2 is 1.79 bits per heavy atom. The lowest BCUT2D eigenvalue weighted by Crippen LogP contribution is -2.02. The van der Waals surface area contributed by atoms with Crippen LogP contribution in [0.2, 0.25) is 0 Å². The maximum Gasteiger partial charge on any atom is 0.193 e. The predicted molar refractivity (Wildman–Crippen MR) is 75.3 cm³/mol. The van der Waals surface area contributed by atoms with Crippen molar-refractivity contribution in [2.45, 2.75) is 6.92 Å². The van der Waals surface area contributed by atoms with Crippen molar-refractivity contribution in [3.63, 3.8) is 0 Å². The minimum atomic E-state index is -0.376. The van der Waals surface area contributed by atoms with E-state index >= 15 is 0 Å². The van der Waals surface area contributed by atoms with Gasteiger partial charge in [0.1, 0.15) is 11.6 Å². The van der Waals surface area contributed by atoms with Crippen molar-refractivity contribution in [2.24, 2.45) is 0 Å². The number of ether oxygens (including phenoxy) is 1. The van der Waals surface area contributed by atoms with Gasteiger partial charge in [0.25, 0.3) is 0 Å². The van der Waals surface area contributed by atoms with Gasteiger partial charge >= 0.3 is 0 Å². The summed E-state index contributed by atoms with van der Waals surface area (Å²) >= 11 is 3.32. The normalized spacial score (nSPS) is 10.3. The number of hydrogen-bond acceptors (Lipinski definition) is 2. The second kappa shape index (κ2) is 5.53. The van der Waals surface area contributed by atoms with Crippen LogP contribution in [0.5, 0.6) is 5.75 Å². The van der Waals surface area contributed by atoms with Crippen LogP contribution in [-0.4, -0.2) is 12.9 Å². The number of carbonyl (C=O) groups is 1. The second-order valence-corrected chi connectivity index (χ2v) is 5.00. The molecule has 2 rings (SSSR count). The predicted octanol–water partition coefficient (Wildman–Crippen LogP) is 4.14. The highest BCUT2D eigenvalue weighted by Crippen LogP contribution is 2.26. The van der Waals surface area contributed by atoms with Crippen molar-refractivity contribution >= 4 is 21.7 Å². The summed E-state index contributed by atoms with van der Waals surface area (Å²) in [4.78, 5) is 12.2. The van der Waals surface area contributed by atoms with Crippen LogP contribution >= 0.6 is 15.9 Å². The van der Waals surface area contributed by atoms with Crippen LogP contribution in [0, 0.1) is 12.7 Å². The third-order valence-corrected chi connectivity index (χ3v) is 3.47. The number of carbonyl (C=O) groups excluding carboxylic acids is 1. The SMILES string of the molecule is COc1ccc(C(=O)c2ccc(C)c(F)c2)cc1Br. The van der Waals surface area contributed by atoms with E-state index in [-0.39, 0.29) is 11.6 Å². The highest BCUT2D eigenvalue weighted by Gasteiger charge is 2.12. The zero-order chi connectivity index (χ0) is 14.0. The van der Waals surface area contributed by atoms with Crippen LogP contribution in [0.1, 0.15) is 21.5 Å². The van der Waals surface area contributed by atoms with Crippen molar-refractivity contribution in [1.29, 1.82) is 0 Å². The molecule has 2 nitrogen and oxygen atoms in total. The van der Waals surface area contributed by atoms with Gasteiger partial charge in [0.15, 0.2) is 5.78 Å². The lowest BCUT2D eigenvalue weighted by molar-refractivity contribution is 0.103. The Bertz CT molecular complexity index is 638. The van der Waals surface area contributed by atoms with Gasteiger partial charge in [-0.25, -0.2) is 4.39 Å². The Morgan fingerprint density at radius 3 is 2.37 bits per heavy atom. The molecule has 0 aromatic heterocycles. The molecular weight excluding hydrogens is 311 g/mol. The van der Waals surface area contributed by atoms with Gasteiger partial charge < -0.3 is 4.74 Å². The molecule has 0 radical (unpaired) electrons. The summed E-state index contributed by atoms with van der Waals surface area (Å²) in [5.74, 6) is 0.0484. The van der Waals surface area contributed by atoms with E-state index in [4.69, 9.17) is 4.74 Å². The number of hydrogen-bond donors (Lipinski definition) is 0. The maximum absolute atomic E-state index is 13.5. The van der Waals surface area contributed by atoms with Crippen LogP contribution in [0.15, 0.2) is 40.9 Å². The van der Waals surface area contributed by atoms with Gasteiger partial charge in [-0.3, -0.25) is 4.79 Å². The van der Waals surface area contributed by atoms with Crippen molar-refractivity contribution < 1.29 is 13.9 Å². The first kappa shape index (κ1) is 13.7. The van der Waals surface area contributed by atoms with Crippen molar-refractivity contribution in [3.05, 3.63) is 63.4 Å². The molecule has 2 aromatic rings. The minimum absolute atomic E-state index is 0.220. The molecular formula is C15H12BrFO2. The summed E-state index contributed by atoms with van der Waals surface area (Å²) in [6, 6.07) is 9.50. The van der Waals surface area contributed by atoms with Gasteiger partial charge in [-0.2, -0.15) is 0 Å². The molecule has 0 bridgehead atoms. The number of rotatable bonds is 3. The molecule has 0 saturated heterocycles. The summed E-state index contributed by atoms with van der Waals surface area (Å²) in [5, 5.41) is 0. The molecule has 0 spiro atoms. The smallest absolute Gasteiger partial charge is 0.193 e. The molecule has 0 unspecified atom stereocenters. The first-order valence-electron chi connectivity index (χ1n) is 5.67. The number of methoxy groups -OCH3 is 1. The van der Waals surface area contributed by atoms with Gasteiger partial charge in [0, 0.05) is 11.1 Å². The number of ketones is 1. The average Bonchev–Trinajstić information content (AvgIpc) is 2.41. The minimum Gasteiger partial charge on any atom is -0.496 e. The van der Waals surface area contributed by atoms with E-state index < -0.39 is 0 Å². The largest absolute Gasteiger partial charge is 0.496 e. The molecule has 0 atom stereocenters. The molecule has 2 aromatic carbocycles. The van der Waals surface area contributed by atoms with Gasteiger partial charge in [-0.15, -0.1) is 0 Å². The van der Waals surface area contributed by atoms with Gasteiger partial charge in [0.2, 0.25) is 0 Å². The molecule has 0 N–H and O–H groups in total. The molecule has 0 aliphatic rings. The topological polar surface area (TPSA) is 26.3 Å². The number of benzene rings is 2. The van der Waals surface area contributed by atoms with Crippen LogP contribution in [-0.2, 0) is 0 Å². The Balaban J connectivity index is 2.38. The fourth-order valence-corrected chi connectivity index (χ4v) is 2.25. The zero-order valence-electron chi connectivity index (χ0n) is 10.5. The van der Waals surface area contributed by atoms with E-state index in [1.807, 2.05) is 0 Å². The Kier molecular flexibility index (Phi) is 4.00. The van der Waals surface area contributed by atoms with E-state index in [1.165, 1.54) is 6.07 Å². The van der Waals surface area contributed by atoms with Crippen LogP contribution in [0.3, 0.4) is 0 Å². The van der Waals surface area contributed by atoms with E-state index in [0.717, 1.165) is 0 Å².